The van der Waals surface area contributed by atoms with Gasteiger partial charge in [-0.3, -0.25) is 0 Å². The van der Waals surface area contributed by atoms with Gasteiger partial charge in [-0.15, -0.1) is 17.0 Å². The molecule has 0 radical (unpaired) electrons. The van der Waals surface area contributed by atoms with Crippen LogP contribution >= 0.6 is 17.0 Å². The van der Waals surface area contributed by atoms with Crippen molar-refractivity contribution in [3.05, 3.63) is 12.7 Å². The van der Waals surface area contributed by atoms with Gasteiger partial charge < -0.3 is 10.5 Å². The number of esters is 1. The lowest BCUT2D eigenvalue weighted by Gasteiger charge is -2.30. The normalized spacial score (nSPS) is 12.3. The Hall–Kier alpha value is -0.350. The molecule has 2 N–H and O–H groups in total. The molecule has 0 fully saturated rings. The topological polar surface area (TPSA) is 52.3 Å². The Labute approximate surface area is 154 Å². The molecule has 1 atom stereocenters. The Morgan fingerprint density at radius 2 is 1.61 bits per heavy atom. The Morgan fingerprint density at radius 3 is 2.09 bits per heavy atom. The SMILES string of the molecule is Br.C=CC(=O)OCCC(CCCCCCCCCC)C(C)(C)N. The van der Waals surface area contributed by atoms with E-state index < -0.39 is 0 Å². The molecule has 0 saturated heterocycles. The van der Waals surface area contributed by atoms with Crippen molar-refractivity contribution in [3.63, 3.8) is 0 Å². The fourth-order valence-electron chi connectivity index (χ4n) is 2.77. The zero-order valence-corrected chi connectivity index (χ0v) is 17.2. The molecular weight excluding hydrogens is 354 g/mol. The standard InChI is InChI=1S/C19H37NO2.BrH/c1-5-7-8-9-10-11-12-13-14-17(19(3,4)20)15-16-22-18(21)6-2;/h6,17H,2,5,7-16,20H2,1,3-4H3;1H. The molecule has 0 spiro atoms. The van der Waals surface area contributed by atoms with Crippen molar-refractivity contribution in [2.75, 3.05) is 6.61 Å². The van der Waals surface area contributed by atoms with Crippen LogP contribution in [0.2, 0.25) is 0 Å². The predicted molar refractivity (Wildman–Crippen MR) is 105 cm³/mol. The van der Waals surface area contributed by atoms with E-state index in [0.717, 1.165) is 12.8 Å². The largest absolute Gasteiger partial charge is 0.463 e. The van der Waals surface area contributed by atoms with Gasteiger partial charge >= 0.3 is 5.97 Å². The molecule has 0 bridgehead atoms. The van der Waals surface area contributed by atoms with Crippen LogP contribution in [0.3, 0.4) is 0 Å². The molecular formula is C19H38BrNO2. The first-order valence-electron chi connectivity index (χ1n) is 8.99. The van der Waals surface area contributed by atoms with Crippen molar-refractivity contribution in [1.29, 1.82) is 0 Å². The van der Waals surface area contributed by atoms with Crippen LogP contribution in [0.4, 0.5) is 0 Å². The van der Waals surface area contributed by atoms with E-state index in [1.807, 2.05) is 0 Å². The Kier molecular flexibility index (Phi) is 16.4. The number of carbonyl (C=O) groups excluding carboxylic acids is 1. The van der Waals surface area contributed by atoms with Crippen LogP contribution < -0.4 is 5.73 Å². The molecule has 0 aliphatic rings. The highest BCUT2D eigenvalue weighted by Gasteiger charge is 2.24. The van der Waals surface area contributed by atoms with Crippen LogP contribution in [0.1, 0.15) is 85.0 Å². The molecule has 0 heterocycles. The monoisotopic (exact) mass is 391 g/mol. The van der Waals surface area contributed by atoms with Gasteiger partial charge in [0.15, 0.2) is 0 Å². The number of hydrogen-bond acceptors (Lipinski definition) is 3. The maximum absolute atomic E-state index is 11.1. The summed E-state index contributed by atoms with van der Waals surface area (Å²) in [5.74, 6) is 0.0471. The lowest BCUT2D eigenvalue weighted by Crippen LogP contribution is -2.41. The summed E-state index contributed by atoms with van der Waals surface area (Å²) >= 11 is 0. The average Bonchev–Trinajstić information content (AvgIpc) is 2.46. The number of carbonyl (C=O) groups is 1. The maximum Gasteiger partial charge on any atom is 0.330 e. The van der Waals surface area contributed by atoms with Crippen LogP contribution in [-0.4, -0.2) is 18.1 Å². The van der Waals surface area contributed by atoms with Gasteiger partial charge in [0, 0.05) is 11.6 Å². The number of rotatable bonds is 14. The minimum atomic E-state index is -0.347. The molecule has 0 aromatic carbocycles. The Balaban J connectivity index is 0. The van der Waals surface area contributed by atoms with Crippen molar-refractivity contribution in [2.24, 2.45) is 11.7 Å². The van der Waals surface area contributed by atoms with Gasteiger partial charge in [-0.05, 0) is 32.6 Å². The molecule has 1 unspecified atom stereocenters. The summed E-state index contributed by atoms with van der Waals surface area (Å²) in [4.78, 5) is 11.1. The first kappa shape index (κ1) is 24.9. The summed E-state index contributed by atoms with van der Waals surface area (Å²) in [5, 5.41) is 0. The molecule has 138 valence electrons. The summed E-state index contributed by atoms with van der Waals surface area (Å²) in [6, 6.07) is 0. The Morgan fingerprint density at radius 1 is 1.09 bits per heavy atom. The highest BCUT2D eigenvalue weighted by molar-refractivity contribution is 8.93. The number of halogens is 1. The van der Waals surface area contributed by atoms with E-state index in [-0.39, 0.29) is 28.5 Å². The third-order valence-corrected chi connectivity index (χ3v) is 4.34. The molecule has 23 heavy (non-hydrogen) atoms. The number of hydrogen-bond donors (Lipinski definition) is 1. The highest BCUT2D eigenvalue weighted by Crippen LogP contribution is 2.24. The van der Waals surface area contributed by atoms with Gasteiger partial charge in [-0.1, -0.05) is 64.9 Å². The highest BCUT2D eigenvalue weighted by atomic mass is 79.9. The van der Waals surface area contributed by atoms with E-state index in [4.69, 9.17) is 10.5 Å². The van der Waals surface area contributed by atoms with Gasteiger partial charge in [0.25, 0.3) is 0 Å². The van der Waals surface area contributed by atoms with E-state index >= 15 is 0 Å². The van der Waals surface area contributed by atoms with Crippen molar-refractivity contribution in [2.45, 2.75) is 90.5 Å². The summed E-state index contributed by atoms with van der Waals surface area (Å²) < 4.78 is 5.09. The average molecular weight is 392 g/mol. The molecule has 0 saturated carbocycles. The molecule has 0 aliphatic heterocycles. The van der Waals surface area contributed by atoms with Crippen LogP contribution in [0.25, 0.3) is 0 Å². The van der Waals surface area contributed by atoms with Crippen LogP contribution in [0.5, 0.6) is 0 Å². The summed E-state index contributed by atoms with van der Waals surface area (Å²) in [5.41, 5.74) is 6.04. The molecule has 0 rings (SSSR count). The molecule has 0 amide bonds. The van der Waals surface area contributed by atoms with E-state index in [1.165, 1.54) is 57.4 Å². The van der Waals surface area contributed by atoms with Crippen molar-refractivity contribution in [3.8, 4) is 0 Å². The van der Waals surface area contributed by atoms with Crippen LogP contribution in [0, 0.1) is 5.92 Å². The van der Waals surface area contributed by atoms with Gasteiger partial charge in [0.2, 0.25) is 0 Å². The predicted octanol–water partition coefficient (Wildman–Crippen LogP) is 5.57. The number of ether oxygens (including phenoxy) is 1. The van der Waals surface area contributed by atoms with E-state index in [9.17, 15) is 4.79 Å². The lowest BCUT2D eigenvalue weighted by atomic mass is 9.82. The van der Waals surface area contributed by atoms with Crippen molar-refractivity contribution >= 4 is 23.0 Å². The van der Waals surface area contributed by atoms with Gasteiger partial charge in [-0.2, -0.15) is 0 Å². The fourth-order valence-corrected chi connectivity index (χ4v) is 2.77. The first-order valence-corrected chi connectivity index (χ1v) is 8.99. The number of unbranched alkanes of at least 4 members (excludes halogenated alkanes) is 7. The van der Waals surface area contributed by atoms with E-state index in [1.54, 1.807) is 0 Å². The first-order chi connectivity index (χ1) is 10.4. The second kappa shape index (κ2) is 15.2. The molecule has 0 aliphatic carbocycles. The maximum atomic E-state index is 11.1. The molecule has 4 heteroatoms. The summed E-state index contributed by atoms with van der Waals surface area (Å²) in [6.45, 7) is 10.2. The molecule has 0 aromatic heterocycles. The summed E-state index contributed by atoms with van der Waals surface area (Å²) in [6.07, 6.45) is 13.8. The number of nitrogens with two attached hydrogens (primary N) is 1. The lowest BCUT2D eigenvalue weighted by molar-refractivity contribution is -0.138. The zero-order valence-electron chi connectivity index (χ0n) is 15.4. The third-order valence-electron chi connectivity index (χ3n) is 4.34. The van der Waals surface area contributed by atoms with Crippen molar-refractivity contribution < 1.29 is 9.53 Å². The summed E-state index contributed by atoms with van der Waals surface area (Å²) in [7, 11) is 0. The van der Waals surface area contributed by atoms with Gasteiger partial charge in [0.1, 0.15) is 0 Å². The quantitative estimate of drug-likeness (QED) is 0.239. The van der Waals surface area contributed by atoms with Crippen LogP contribution in [0.15, 0.2) is 12.7 Å². The minimum absolute atomic E-state index is 0. The molecule has 0 aromatic rings. The smallest absolute Gasteiger partial charge is 0.330 e. The van der Waals surface area contributed by atoms with Gasteiger partial charge in [-0.25, -0.2) is 4.79 Å². The van der Waals surface area contributed by atoms with E-state index in [2.05, 4.69) is 27.4 Å². The van der Waals surface area contributed by atoms with E-state index in [0.29, 0.717) is 12.5 Å². The van der Waals surface area contributed by atoms with Crippen molar-refractivity contribution in [1.82, 2.24) is 0 Å². The molecule has 3 nitrogen and oxygen atoms in total. The fraction of sp³-hybridized carbons (Fsp3) is 0.842. The Bertz CT molecular complexity index is 300. The second-order valence-electron chi connectivity index (χ2n) is 6.94. The van der Waals surface area contributed by atoms with Gasteiger partial charge in [0.05, 0.1) is 6.61 Å². The second-order valence-corrected chi connectivity index (χ2v) is 6.94. The van der Waals surface area contributed by atoms with Crippen LogP contribution in [-0.2, 0) is 9.53 Å². The zero-order chi connectivity index (χ0) is 16.8. The minimum Gasteiger partial charge on any atom is -0.463 e. The third kappa shape index (κ3) is 14.9.